The molecule has 2 rings (SSSR count). The minimum Gasteiger partial charge on any atom is -0.390 e. The fraction of sp³-hybridized carbons (Fsp3) is 0.538. The molecule has 0 fully saturated rings. The molecule has 0 aromatic heterocycles. The van der Waals surface area contributed by atoms with Crippen LogP contribution in [0.2, 0.25) is 0 Å². The summed E-state index contributed by atoms with van der Waals surface area (Å²) in [4.78, 5) is 2.29. The summed E-state index contributed by atoms with van der Waals surface area (Å²) in [5, 5.41) is 9.85. The predicted octanol–water partition coefficient (Wildman–Crippen LogP) is 2.21. The molecule has 82 valence electrons. The molecule has 1 atom stereocenters. The number of hydrogen-bond donors (Lipinski definition) is 1. The lowest BCUT2D eigenvalue weighted by molar-refractivity contribution is 0.0639. The Bertz CT molecular complexity index is 354. The van der Waals surface area contributed by atoms with Gasteiger partial charge in [-0.1, -0.05) is 18.2 Å². The second kappa shape index (κ2) is 3.53. The van der Waals surface area contributed by atoms with Crippen molar-refractivity contribution in [1.29, 1.82) is 0 Å². The van der Waals surface area contributed by atoms with Crippen molar-refractivity contribution in [2.45, 2.75) is 38.3 Å². The van der Waals surface area contributed by atoms with Gasteiger partial charge >= 0.3 is 0 Å². The molecule has 0 amide bonds. The van der Waals surface area contributed by atoms with Gasteiger partial charge in [0.05, 0.1) is 5.60 Å². The third kappa shape index (κ3) is 2.15. The van der Waals surface area contributed by atoms with E-state index in [1.54, 1.807) is 0 Å². The maximum atomic E-state index is 9.85. The average Bonchev–Trinajstić information content (AvgIpc) is 2.42. The highest BCUT2D eigenvalue weighted by atomic mass is 16.3. The molecule has 2 nitrogen and oxygen atoms in total. The molecule has 0 aliphatic carbocycles. The van der Waals surface area contributed by atoms with Crippen LogP contribution < -0.4 is 4.90 Å². The Labute approximate surface area is 91.5 Å². The fourth-order valence-corrected chi connectivity index (χ4v) is 2.40. The van der Waals surface area contributed by atoms with Crippen molar-refractivity contribution in [3.05, 3.63) is 29.8 Å². The van der Waals surface area contributed by atoms with Crippen molar-refractivity contribution >= 4 is 5.69 Å². The normalized spacial score (nSPS) is 20.5. The first-order chi connectivity index (χ1) is 6.97. The fourth-order valence-electron chi connectivity index (χ4n) is 2.40. The highest BCUT2D eigenvalue weighted by Crippen LogP contribution is 2.33. The van der Waals surface area contributed by atoms with Gasteiger partial charge in [-0.25, -0.2) is 0 Å². The second-order valence-corrected chi connectivity index (χ2v) is 5.11. The molecule has 1 unspecified atom stereocenters. The first kappa shape index (κ1) is 10.5. The number of likely N-dealkylation sites (N-methyl/N-ethyl adjacent to an activating group) is 1. The van der Waals surface area contributed by atoms with Crippen molar-refractivity contribution < 1.29 is 5.11 Å². The van der Waals surface area contributed by atoms with E-state index in [0.29, 0.717) is 6.04 Å². The summed E-state index contributed by atoms with van der Waals surface area (Å²) in [6.45, 7) is 3.76. The first-order valence-corrected chi connectivity index (χ1v) is 5.50. The summed E-state index contributed by atoms with van der Waals surface area (Å²) in [7, 11) is 2.11. The van der Waals surface area contributed by atoms with Crippen LogP contribution in [0.3, 0.4) is 0 Å². The van der Waals surface area contributed by atoms with E-state index in [1.165, 1.54) is 11.3 Å². The molecule has 0 saturated carbocycles. The van der Waals surface area contributed by atoms with Gasteiger partial charge in [0.15, 0.2) is 0 Å². The molecule has 1 heterocycles. The van der Waals surface area contributed by atoms with E-state index in [4.69, 9.17) is 0 Å². The van der Waals surface area contributed by atoms with Gasteiger partial charge in [0.2, 0.25) is 0 Å². The third-order valence-corrected chi connectivity index (χ3v) is 3.11. The van der Waals surface area contributed by atoms with Gasteiger partial charge in [0.25, 0.3) is 0 Å². The molecule has 1 aromatic rings. The largest absolute Gasteiger partial charge is 0.390 e. The predicted molar refractivity (Wildman–Crippen MR) is 63.3 cm³/mol. The summed E-state index contributed by atoms with van der Waals surface area (Å²) in [5.74, 6) is 0. The zero-order valence-electron chi connectivity index (χ0n) is 9.70. The Morgan fingerprint density at radius 1 is 1.40 bits per heavy atom. The summed E-state index contributed by atoms with van der Waals surface area (Å²) in [5.41, 5.74) is 2.13. The number of nitrogens with zero attached hydrogens (tertiary/aromatic N) is 1. The van der Waals surface area contributed by atoms with Crippen LogP contribution >= 0.6 is 0 Å². The number of para-hydroxylation sites is 1. The number of hydrogen-bond acceptors (Lipinski definition) is 2. The van der Waals surface area contributed by atoms with Gasteiger partial charge in [-0.3, -0.25) is 0 Å². The molecule has 0 spiro atoms. The maximum Gasteiger partial charge on any atom is 0.0611 e. The Morgan fingerprint density at radius 2 is 2.07 bits per heavy atom. The molecule has 1 aliphatic rings. The zero-order valence-corrected chi connectivity index (χ0v) is 9.70. The molecule has 1 aliphatic heterocycles. The monoisotopic (exact) mass is 205 g/mol. The smallest absolute Gasteiger partial charge is 0.0611 e. The minimum atomic E-state index is -0.582. The highest BCUT2D eigenvalue weighted by molar-refractivity contribution is 5.58. The quantitative estimate of drug-likeness (QED) is 0.800. The Kier molecular flexibility index (Phi) is 2.47. The molecule has 1 aromatic carbocycles. The van der Waals surface area contributed by atoms with Gasteiger partial charge in [-0.05, 0) is 38.3 Å². The van der Waals surface area contributed by atoms with Gasteiger partial charge in [0, 0.05) is 18.8 Å². The van der Waals surface area contributed by atoms with E-state index >= 15 is 0 Å². The van der Waals surface area contributed by atoms with Crippen molar-refractivity contribution in [2.24, 2.45) is 0 Å². The van der Waals surface area contributed by atoms with Crippen molar-refractivity contribution in [1.82, 2.24) is 0 Å². The lowest BCUT2D eigenvalue weighted by Crippen LogP contribution is -2.35. The number of rotatable bonds is 2. The number of aliphatic hydroxyl groups is 1. The summed E-state index contributed by atoms with van der Waals surface area (Å²) < 4.78 is 0. The summed E-state index contributed by atoms with van der Waals surface area (Å²) in [6, 6.07) is 8.92. The van der Waals surface area contributed by atoms with E-state index in [1.807, 2.05) is 13.8 Å². The van der Waals surface area contributed by atoms with E-state index in [0.717, 1.165) is 12.8 Å². The van der Waals surface area contributed by atoms with Crippen LogP contribution in [0.15, 0.2) is 24.3 Å². The van der Waals surface area contributed by atoms with Gasteiger partial charge in [-0.15, -0.1) is 0 Å². The van der Waals surface area contributed by atoms with Crippen LogP contribution in [0.1, 0.15) is 25.8 Å². The SMILES string of the molecule is CN1c2ccccc2CC1CC(C)(C)O. The Hall–Kier alpha value is -1.02. The van der Waals surface area contributed by atoms with E-state index in [2.05, 4.69) is 36.2 Å². The molecule has 0 radical (unpaired) electrons. The standard InChI is InChI=1S/C13H19NO/c1-13(2,15)9-11-8-10-6-4-5-7-12(10)14(11)3/h4-7,11,15H,8-9H2,1-3H3. The lowest BCUT2D eigenvalue weighted by atomic mass is 9.97. The molecule has 0 bridgehead atoms. The van der Waals surface area contributed by atoms with Gasteiger partial charge in [0.1, 0.15) is 0 Å². The minimum absolute atomic E-state index is 0.433. The number of fused-ring (bicyclic) bond motifs is 1. The Balaban J connectivity index is 2.17. The molecule has 15 heavy (non-hydrogen) atoms. The van der Waals surface area contributed by atoms with Crippen LogP contribution in [0.25, 0.3) is 0 Å². The average molecular weight is 205 g/mol. The molecule has 2 heteroatoms. The second-order valence-electron chi connectivity index (χ2n) is 5.11. The first-order valence-electron chi connectivity index (χ1n) is 5.50. The van der Waals surface area contributed by atoms with E-state index < -0.39 is 5.60 Å². The topological polar surface area (TPSA) is 23.5 Å². The zero-order chi connectivity index (χ0) is 11.1. The molecule has 1 N–H and O–H groups in total. The van der Waals surface area contributed by atoms with Crippen molar-refractivity contribution in [3.63, 3.8) is 0 Å². The number of anilines is 1. The van der Waals surface area contributed by atoms with E-state index in [-0.39, 0.29) is 0 Å². The molecule has 0 saturated heterocycles. The van der Waals surface area contributed by atoms with Gasteiger partial charge < -0.3 is 10.0 Å². The van der Waals surface area contributed by atoms with Crippen LogP contribution in [0.5, 0.6) is 0 Å². The molecular weight excluding hydrogens is 186 g/mol. The van der Waals surface area contributed by atoms with Crippen LogP contribution in [-0.4, -0.2) is 23.8 Å². The van der Waals surface area contributed by atoms with Crippen LogP contribution in [0.4, 0.5) is 5.69 Å². The van der Waals surface area contributed by atoms with Crippen LogP contribution in [-0.2, 0) is 6.42 Å². The summed E-state index contributed by atoms with van der Waals surface area (Å²) in [6.07, 6.45) is 1.87. The van der Waals surface area contributed by atoms with Gasteiger partial charge in [-0.2, -0.15) is 0 Å². The summed E-state index contributed by atoms with van der Waals surface area (Å²) >= 11 is 0. The lowest BCUT2D eigenvalue weighted by Gasteiger charge is -2.28. The van der Waals surface area contributed by atoms with Crippen molar-refractivity contribution in [2.75, 3.05) is 11.9 Å². The maximum absolute atomic E-state index is 9.85. The highest BCUT2D eigenvalue weighted by Gasteiger charge is 2.30. The Morgan fingerprint density at radius 3 is 2.67 bits per heavy atom. The van der Waals surface area contributed by atoms with Crippen LogP contribution in [0, 0.1) is 0 Å². The van der Waals surface area contributed by atoms with E-state index in [9.17, 15) is 5.11 Å². The number of benzene rings is 1. The molecular formula is C13H19NO. The van der Waals surface area contributed by atoms with Crippen molar-refractivity contribution in [3.8, 4) is 0 Å². The third-order valence-electron chi connectivity index (χ3n) is 3.11.